The molecule has 148 valence electrons. The number of aromatic nitrogens is 3. The number of anilines is 1. The number of ether oxygens (including phenoxy) is 1. The fourth-order valence-electron chi connectivity index (χ4n) is 3.14. The molecule has 29 heavy (non-hydrogen) atoms. The van der Waals surface area contributed by atoms with Gasteiger partial charge < -0.3 is 15.4 Å². The van der Waals surface area contributed by atoms with Crippen LogP contribution in [0.15, 0.2) is 60.8 Å². The summed E-state index contributed by atoms with van der Waals surface area (Å²) in [7, 11) is 0. The summed E-state index contributed by atoms with van der Waals surface area (Å²) in [6.07, 6.45) is 3.39. The van der Waals surface area contributed by atoms with Crippen molar-refractivity contribution in [2.75, 3.05) is 18.5 Å². The van der Waals surface area contributed by atoms with Gasteiger partial charge in [0.05, 0.1) is 29.2 Å². The van der Waals surface area contributed by atoms with Crippen molar-refractivity contribution in [3.63, 3.8) is 0 Å². The molecule has 0 unspecified atom stereocenters. The number of nitrogens with one attached hydrogen (secondary N) is 2. The molecule has 0 bridgehead atoms. The Kier molecular flexibility index (Phi) is 5.62. The van der Waals surface area contributed by atoms with E-state index in [0.29, 0.717) is 17.8 Å². The second-order valence-corrected chi connectivity index (χ2v) is 6.70. The molecule has 0 radical (unpaired) electrons. The Morgan fingerprint density at radius 2 is 1.86 bits per heavy atom. The zero-order valence-electron chi connectivity index (χ0n) is 15.7. The number of para-hydroxylation sites is 2. The van der Waals surface area contributed by atoms with Gasteiger partial charge in [-0.15, -0.1) is 5.10 Å². The van der Waals surface area contributed by atoms with Gasteiger partial charge in [0.2, 0.25) is 0 Å². The molecule has 1 atom stereocenters. The molecule has 1 aliphatic rings. The van der Waals surface area contributed by atoms with E-state index in [4.69, 9.17) is 4.74 Å². The Labute approximate surface area is 167 Å². The molecule has 8 nitrogen and oxygen atoms in total. The number of hydrogen-bond acceptors (Lipinski definition) is 5. The van der Waals surface area contributed by atoms with E-state index in [1.54, 1.807) is 24.3 Å². The average Bonchev–Trinajstić information content (AvgIpc) is 3.45. The number of hydrogen-bond donors (Lipinski definition) is 2. The normalized spacial score (nSPS) is 15.8. The summed E-state index contributed by atoms with van der Waals surface area (Å²) in [6, 6.07) is 16.2. The summed E-state index contributed by atoms with van der Waals surface area (Å²) in [6.45, 7) is 1.18. The molecule has 4 rings (SSSR count). The molecule has 2 N–H and O–H groups in total. The van der Waals surface area contributed by atoms with E-state index >= 15 is 0 Å². The number of benzene rings is 2. The predicted octanol–water partition coefficient (Wildman–Crippen LogP) is 2.43. The summed E-state index contributed by atoms with van der Waals surface area (Å²) in [5, 5.41) is 14.0. The highest BCUT2D eigenvalue weighted by Crippen LogP contribution is 2.17. The van der Waals surface area contributed by atoms with Gasteiger partial charge in [0.1, 0.15) is 0 Å². The number of carbonyl (C=O) groups is 2. The van der Waals surface area contributed by atoms with E-state index in [1.165, 1.54) is 11.0 Å². The monoisotopic (exact) mass is 391 g/mol. The van der Waals surface area contributed by atoms with Crippen LogP contribution in [-0.2, 0) is 4.74 Å². The molecule has 8 heteroatoms. The molecular weight excluding hydrogens is 370 g/mol. The van der Waals surface area contributed by atoms with Gasteiger partial charge in [-0.05, 0) is 37.1 Å². The van der Waals surface area contributed by atoms with Gasteiger partial charge in [-0.25, -0.2) is 0 Å². The zero-order valence-corrected chi connectivity index (χ0v) is 15.7. The topological polar surface area (TPSA) is 98.1 Å². The predicted molar refractivity (Wildman–Crippen MR) is 107 cm³/mol. The van der Waals surface area contributed by atoms with Gasteiger partial charge in [0.25, 0.3) is 11.8 Å². The fourth-order valence-corrected chi connectivity index (χ4v) is 3.14. The van der Waals surface area contributed by atoms with E-state index in [-0.39, 0.29) is 17.7 Å². The highest BCUT2D eigenvalue weighted by Gasteiger charge is 2.19. The first-order valence-electron chi connectivity index (χ1n) is 9.48. The Balaban J connectivity index is 1.44. The van der Waals surface area contributed by atoms with Crippen molar-refractivity contribution in [3.05, 3.63) is 72.1 Å². The summed E-state index contributed by atoms with van der Waals surface area (Å²) in [5.41, 5.74) is 1.70. The van der Waals surface area contributed by atoms with Gasteiger partial charge in [0.15, 0.2) is 5.69 Å². The summed E-state index contributed by atoms with van der Waals surface area (Å²) in [4.78, 5) is 26.6. The van der Waals surface area contributed by atoms with Crippen molar-refractivity contribution in [2.45, 2.75) is 18.9 Å². The van der Waals surface area contributed by atoms with Crippen LogP contribution in [0.5, 0.6) is 0 Å². The van der Waals surface area contributed by atoms with Gasteiger partial charge >= 0.3 is 0 Å². The Hall–Kier alpha value is -3.52. The molecule has 1 aliphatic heterocycles. The maximum atomic E-state index is 12.6. The lowest BCUT2D eigenvalue weighted by atomic mass is 10.1. The van der Waals surface area contributed by atoms with Gasteiger partial charge in [-0.2, -0.15) is 9.90 Å². The van der Waals surface area contributed by atoms with Crippen LogP contribution in [-0.4, -0.2) is 46.1 Å². The first-order valence-corrected chi connectivity index (χ1v) is 9.48. The standard InChI is InChI=1S/C21H21N5O3/c27-20(22-13-16-9-6-12-29-16)17-10-4-5-11-18(17)24-21(28)19-14-23-26(25-19)15-7-2-1-3-8-15/h1-5,7-8,10-11,14,16H,6,9,12-13H2,(H,22,27)(H,24,28)/t16-/m0/s1. The minimum atomic E-state index is -0.438. The smallest absolute Gasteiger partial charge is 0.277 e. The molecule has 0 spiro atoms. The fraction of sp³-hybridized carbons (Fsp3) is 0.238. The van der Waals surface area contributed by atoms with Gasteiger partial charge in [-0.3, -0.25) is 9.59 Å². The maximum Gasteiger partial charge on any atom is 0.277 e. The van der Waals surface area contributed by atoms with Crippen molar-refractivity contribution in [2.24, 2.45) is 0 Å². The first-order chi connectivity index (χ1) is 14.2. The zero-order chi connectivity index (χ0) is 20.1. The largest absolute Gasteiger partial charge is 0.376 e. The number of carbonyl (C=O) groups excluding carboxylic acids is 2. The van der Waals surface area contributed by atoms with Crippen LogP contribution >= 0.6 is 0 Å². The van der Waals surface area contributed by atoms with Crippen molar-refractivity contribution in [3.8, 4) is 5.69 Å². The Bertz CT molecular complexity index is 996. The van der Waals surface area contributed by atoms with Crippen molar-refractivity contribution in [1.82, 2.24) is 20.3 Å². The average molecular weight is 391 g/mol. The second kappa shape index (κ2) is 8.66. The van der Waals surface area contributed by atoms with Crippen LogP contribution in [0, 0.1) is 0 Å². The number of amides is 2. The summed E-state index contributed by atoms with van der Waals surface area (Å²) < 4.78 is 5.53. The first kappa shape index (κ1) is 18.8. The minimum absolute atomic E-state index is 0.0497. The molecule has 0 aliphatic carbocycles. The highest BCUT2D eigenvalue weighted by molar-refractivity contribution is 6.08. The van der Waals surface area contributed by atoms with Crippen LogP contribution in [0.3, 0.4) is 0 Å². The van der Waals surface area contributed by atoms with E-state index in [0.717, 1.165) is 25.1 Å². The van der Waals surface area contributed by atoms with Gasteiger partial charge in [-0.1, -0.05) is 30.3 Å². The summed E-state index contributed by atoms with van der Waals surface area (Å²) >= 11 is 0. The van der Waals surface area contributed by atoms with E-state index in [9.17, 15) is 9.59 Å². The molecular formula is C21H21N5O3. The number of nitrogens with zero attached hydrogens (tertiary/aromatic N) is 3. The molecule has 1 aromatic heterocycles. The number of rotatable bonds is 6. The lowest BCUT2D eigenvalue weighted by Crippen LogP contribution is -2.32. The van der Waals surface area contributed by atoms with Crippen molar-refractivity contribution < 1.29 is 14.3 Å². The quantitative estimate of drug-likeness (QED) is 0.673. The molecule has 2 amide bonds. The van der Waals surface area contributed by atoms with Crippen molar-refractivity contribution >= 4 is 17.5 Å². The third-order valence-corrected chi connectivity index (χ3v) is 4.65. The minimum Gasteiger partial charge on any atom is -0.376 e. The lowest BCUT2D eigenvalue weighted by molar-refractivity contribution is 0.0858. The molecule has 2 heterocycles. The third-order valence-electron chi connectivity index (χ3n) is 4.65. The van der Waals surface area contributed by atoms with Crippen molar-refractivity contribution in [1.29, 1.82) is 0 Å². The second-order valence-electron chi connectivity index (χ2n) is 6.70. The molecule has 1 saturated heterocycles. The highest BCUT2D eigenvalue weighted by atomic mass is 16.5. The maximum absolute atomic E-state index is 12.6. The van der Waals surface area contributed by atoms with Crippen LogP contribution in [0.2, 0.25) is 0 Å². The molecule has 0 saturated carbocycles. The SMILES string of the molecule is O=C(Nc1ccccc1C(=O)NC[C@@H]1CCCO1)c1cnn(-c2ccccc2)n1. The van der Waals surface area contributed by atoms with E-state index < -0.39 is 5.91 Å². The summed E-state index contributed by atoms with van der Waals surface area (Å²) in [5.74, 6) is -0.698. The van der Waals surface area contributed by atoms with Crippen LogP contribution in [0.1, 0.15) is 33.7 Å². The molecule has 3 aromatic rings. The Morgan fingerprint density at radius 3 is 2.66 bits per heavy atom. The Morgan fingerprint density at radius 1 is 1.07 bits per heavy atom. The molecule has 1 fully saturated rings. The molecule has 2 aromatic carbocycles. The van der Waals surface area contributed by atoms with Crippen LogP contribution in [0.4, 0.5) is 5.69 Å². The van der Waals surface area contributed by atoms with E-state index in [1.807, 2.05) is 30.3 Å². The van der Waals surface area contributed by atoms with E-state index in [2.05, 4.69) is 20.8 Å². The van der Waals surface area contributed by atoms with Crippen LogP contribution in [0.25, 0.3) is 5.69 Å². The lowest BCUT2D eigenvalue weighted by Gasteiger charge is -2.13. The van der Waals surface area contributed by atoms with Crippen LogP contribution < -0.4 is 10.6 Å². The third kappa shape index (κ3) is 4.49. The van der Waals surface area contributed by atoms with Gasteiger partial charge in [0, 0.05) is 13.2 Å².